The van der Waals surface area contributed by atoms with Crippen LogP contribution in [0.15, 0.2) is 10.5 Å². The van der Waals surface area contributed by atoms with Crippen LogP contribution in [0.5, 0.6) is 11.5 Å². The maximum absolute atomic E-state index is 11.1. The summed E-state index contributed by atoms with van der Waals surface area (Å²) in [6.07, 6.45) is 4.20. The lowest BCUT2D eigenvalue weighted by molar-refractivity contribution is 0.111. The second-order valence-electron chi connectivity index (χ2n) is 5.03. The number of piperidine rings is 1. The molecular formula is C14H16BrNO3. The van der Waals surface area contributed by atoms with E-state index < -0.39 is 0 Å². The van der Waals surface area contributed by atoms with Gasteiger partial charge in [-0.15, -0.1) is 0 Å². The molecule has 1 unspecified atom stereocenters. The Morgan fingerprint density at radius 2 is 2.26 bits per heavy atom. The zero-order chi connectivity index (χ0) is 13.2. The predicted octanol–water partition coefficient (Wildman–Crippen LogP) is 2.53. The summed E-state index contributed by atoms with van der Waals surface area (Å²) in [5, 5.41) is 3.42. The van der Waals surface area contributed by atoms with Crippen molar-refractivity contribution in [2.75, 3.05) is 19.9 Å². The molecule has 0 aromatic heterocycles. The van der Waals surface area contributed by atoms with Crippen LogP contribution >= 0.6 is 15.9 Å². The standard InChI is InChI=1S/C14H16BrNO3/c15-12-5-10(7-17)13-14(19-8-18-13)11(12)4-9-2-1-3-16-6-9/h5,7,9,16H,1-4,6,8H2. The number of carbonyl (C=O) groups excluding carboxylic acids is 1. The number of rotatable bonds is 3. The van der Waals surface area contributed by atoms with Crippen LogP contribution in [0.1, 0.15) is 28.8 Å². The molecule has 0 aliphatic carbocycles. The van der Waals surface area contributed by atoms with E-state index in [1.165, 1.54) is 12.8 Å². The zero-order valence-corrected chi connectivity index (χ0v) is 12.2. The highest BCUT2D eigenvalue weighted by Gasteiger charge is 2.26. The molecule has 0 bridgehead atoms. The number of ether oxygens (including phenoxy) is 2. The number of aldehydes is 1. The summed E-state index contributed by atoms with van der Waals surface area (Å²) in [5.74, 6) is 1.94. The van der Waals surface area contributed by atoms with Gasteiger partial charge in [-0.05, 0) is 44.3 Å². The molecule has 1 atom stereocenters. The third kappa shape index (κ3) is 2.49. The molecule has 102 valence electrons. The molecule has 19 heavy (non-hydrogen) atoms. The highest BCUT2D eigenvalue weighted by molar-refractivity contribution is 9.10. The lowest BCUT2D eigenvalue weighted by atomic mass is 9.91. The van der Waals surface area contributed by atoms with E-state index in [9.17, 15) is 4.79 Å². The fraction of sp³-hybridized carbons (Fsp3) is 0.500. The van der Waals surface area contributed by atoms with Crippen LogP contribution in [0.25, 0.3) is 0 Å². The van der Waals surface area contributed by atoms with E-state index in [-0.39, 0.29) is 6.79 Å². The van der Waals surface area contributed by atoms with Crippen molar-refractivity contribution in [1.82, 2.24) is 5.32 Å². The van der Waals surface area contributed by atoms with Crippen molar-refractivity contribution in [2.45, 2.75) is 19.3 Å². The van der Waals surface area contributed by atoms with E-state index in [2.05, 4.69) is 21.2 Å². The Bertz CT molecular complexity index is 498. The molecule has 5 heteroatoms. The van der Waals surface area contributed by atoms with Crippen LogP contribution in [-0.4, -0.2) is 26.2 Å². The van der Waals surface area contributed by atoms with Gasteiger partial charge in [0.15, 0.2) is 17.8 Å². The van der Waals surface area contributed by atoms with Gasteiger partial charge in [0.05, 0.1) is 5.56 Å². The molecule has 1 N–H and O–H groups in total. The predicted molar refractivity (Wildman–Crippen MR) is 75.0 cm³/mol. The number of hydrogen-bond acceptors (Lipinski definition) is 4. The third-order valence-electron chi connectivity index (χ3n) is 3.74. The van der Waals surface area contributed by atoms with Gasteiger partial charge >= 0.3 is 0 Å². The maximum Gasteiger partial charge on any atom is 0.231 e. The van der Waals surface area contributed by atoms with Gasteiger partial charge in [0, 0.05) is 10.0 Å². The minimum absolute atomic E-state index is 0.197. The first-order valence-electron chi connectivity index (χ1n) is 6.56. The average molecular weight is 326 g/mol. The van der Waals surface area contributed by atoms with Gasteiger partial charge < -0.3 is 14.8 Å². The molecule has 1 saturated heterocycles. The van der Waals surface area contributed by atoms with E-state index in [1.54, 1.807) is 0 Å². The van der Waals surface area contributed by atoms with E-state index in [0.29, 0.717) is 17.2 Å². The van der Waals surface area contributed by atoms with E-state index in [0.717, 1.165) is 41.6 Å². The fourth-order valence-corrected chi connectivity index (χ4v) is 3.37. The van der Waals surface area contributed by atoms with Crippen molar-refractivity contribution >= 4 is 22.2 Å². The van der Waals surface area contributed by atoms with Crippen molar-refractivity contribution in [3.8, 4) is 11.5 Å². The summed E-state index contributed by atoms with van der Waals surface area (Å²) < 4.78 is 11.9. The molecule has 2 aliphatic heterocycles. The Labute approximate surface area is 120 Å². The first-order valence-corrected chi connectivity index (χ1v) is 7.35. The Hall–Kier alpha value is -1.07. The smallest absolute Gasteiger partial charge is 0.231 e. The molecular weight excluding hydrogens is 310 g/mol. The summed E-state index contributed by atoms with van der Waals surface area (Å²) in [6, 6.07) is 1.83. The Kier molecular flexibility index (Phi) is 3.75. The quantitative estimate of drug-likeness (QED) is 0.867. The molecule has 2 heterocycles. The summed E-state index contributed by atoms with van der Waals surface area (Å²) in [6.45, 7) is 2.35. The van der Waals surface area contributed by atoms with Gasteiger partial charge in [-0.3, -0.25) is 4.79 Å². The highest BCUT2D eigenvalue weighted by atomic mass is 79.9. The van der Waals surface area contributed by atoms with Gasteiger partial charge in [0.25, 0.3) is 0 Å². The average Bonchev–Trinajstić information content (AvgIpc) is 2.92. The number of halogens is 1. The van der Waals surface area contributed by atoms with Gasteiger partial charge in [0.1, 0.15) is 0 Å². The van der Waals surface area contributed by atoms with Gasteiger partial charge in [-0.25, -0.2) is 0 Å². The van der Waals surface area contributed by atoms with Crippen LogP contribution in [0.2, 0.25) is 0 Å². The van der Waals surface area contributed by atoms with Crippen molar-refractivity contribution < 1.29 is 14.3 Å². The van der Waals surface area contributed by atoms with Crippen LogP contribution < -0.4 is 14.8 Å². The van der Waals surface area contributed by atoms with E-state index in [1.807, 2.05) is 6.07 Å². The number of carbonyl (C=O) groups is 1. The number of benzene rings is 1. The fourth-order valence-electron chi connectivity index (χ4n) is 2.78. The van der Waals surface area contributed by atoms with Crippen LogP contribution in [0.4, 0.5) is 0 Å². The van der Waals surface area contributed by atoms with E-state index in [4.69, 9.17) is 9.47 Å². The molecule has 0 radical (unpaired) electrons. The van der Waals surface area contributed by atoms with Crippen LogP contribution in [0.3, 0.4) is 0 Å². The molecule has 1 fully saturated rings. The highest BCUT2D eigenvalue weighted by Crippen LogP contribution is 2.43. The second kappa shape index (κ2) is 5.51. The van der Waals surface area contributed by atoms with Crippen LogP contribution in [-0.2, 0) is 6.42 Å². The lowest BCUT2D eigenvalue weighted by Gasteiger charge is -2.23. The van der Waals surface area contributed by atoms with Crippen molar-refractivity contribution in [3.63, 3.8) is 0 Å². The molecule has 0 saturated carbocycles. The summed E-state index contributed by atoms with van der Waals surface area (Å²) >= 11 is 3.55. The van der Waals surface area contributed by atoms with Crippen molar-refractivity contribution in [2.24, 2.45) is 5.92 Å². The molecule has 1 aromatic rings. The summed E-state index contributed by atoms with van der Waals surface area (Å²) in [5.41, 5.74) is 1.66. The largest absolute Gasteiger partial charge is 0.453 e. The Morgan fingerprint density at radius 3 is 3.00 bits per heavy atom. The van der Waals surface area contributed by atoms with Gasteiger partial charge in [0.2, 0.25) is 6.79 Å². The lowest BCUT2D eigenvalue weighted by Crippen LogP contribution is -2.31. The van der Waals surface area contributed by atoms with Crippen molar-refractivity contribution in [1.29, 1.82) is 0 Å². The normalized spacial score (nSPS) is 21.4. The minimum Gasteiger partial charge on any atom is -0.453 e. The first kappa shape index (κ1) is 12.9. The second-order valence-corrected chi connectivity index (χ2v) is 5.88. The molecule has 0 amide bonds. The maximum atomic E-state index is 11.1. The number of hydrogen-bond donors (Lipinski definition) is 1. The minimum atomic E-state index is 0.197. The third-order valence-corrected chi connectivity index (χ3v) is 4.45. The van der Waals surface area contributed by atoms with Gasteiger partial charge in [-0.2, -0.15) is 0 Å². The zero-order valence-electron chi connectivity index (χ0n) is 10.6. The topological polar surface area (TPSA) is 47.6 Å². The Morgan fingerprint density at radius 1 is 1.42 bits per heavy atom. The number of fused-ring (bicyclic) bond motifs is 1. The molecule has 4 nitrogen and oxygen atoms in total. The summed E-state index contributed by atoms with van der Waals surface area (Å²) in [4.78, 5) is 11.1. The van der Waals surface area contributed by atoms with Gasteiger partial charge in [-0.1, -0.05) is 15.9 Å². The molecule has 2 aliphatic rings. The first-order chi connectivity index (χ1) is 9.29. The van der Waals surface area contributed by atoms with E-state index >= 15 is 0 Å². The Balaban J connectivity index is 1.92. The molecule has 0 spiro atoms. The monoisotopic (exact) mass is 325 g/mol. The SMILES string of the molecule is O=Cc1cc(Br)c(CC2CCCNC2)c2c1OCO2. The summed E-state index contributed by atoms with van der Waals surface area (Å²) in [7, 11) is 0. The molecule has 1 aromatic carbocycles. The van der Waals surface area contributed by atoms with Crippen molar-refractivity contribution in [3.05, 3.63) is 21.7 Å². The molecule has 3 rings (SSSR count). The number of nitrogens with one attached hydrogen (secondary N) is 1. The van der Waals surface area contributed by atoms with Crippen LogP contribution in [0, 0.1) is 5.92 Å².